The van der Waals surface area contributed by atoms with Crippen LogP contribution in [0.25, 0.3) is 0 Å². The molecule has 0 unspecified atom stereocenters. The van der Waals surface area contributed by atoms with Crippen molar-refractivity contribution >= 4 is 42.0 Å². The van der Waals surface area contributed by atoms with Gasteiger partial charge < -0.3 is 0 Å². The van der Waals surface area contributed by atoms with Crippen LogP contribution in [0.1, 0.15) is 0 Å². The predicted octanol–water partition coefficient (Wildman–Crippen LogP) is 3.02. The standard InChI is InChI=1S/C5H3Cl3Si/c6-4-2-1-3-9(8)5(4)7/h1-3H. The van der Waals surface area contributed by atoms with E-state index in [4.69, 9.17) is 34.3 Å². The van der Waals surface area contributed by atoms with E-state index in [1.807, 2.05) is 11.7 Å². The maximum atomic E-state index is 5.78. The molecule has 1 aromatic rings. The van der Waals surface area contributed by atoms with Gasteiger partial charge in [0.05, 0.1) is 9.66 Å². The highest BCUT2D eigenvalue weighted by atomic mass is 35.6. The number of halogens is 3. The molecule has 0 aromatic carbocycles. The highest BCUT2D eigenvalue weighted by molar-refractivity contribution is 7.06. The number of rotatable bonds is 0. The van der Waals surface area contributed by atoms with Gasteiger partial charge >= 0.3 is 0 Å². The Kier molecular flexibility index (Phi) is 2.53. The van der Waals surface area contributed by atoms with Crippen molar-refractivity contribution in [3.63, 3.8) is 0 Å². The molecule has 0 fully saturated rings. The van der Waals surface area contributed by atoms with E-state index in [9.17, 15) is 0 Å². The van der Waals surface area contributed by atoms with E-state index >= 15 is 0 Å². The van der Waals surface area contributed by atoms with Crippen LogP contribution in [0.5, 0.6) is 0 Å². The molecule has 1 heterocycles. The largest absolute Gasteiger partial charge is 0.173 e. The van der Waals surface area contributed by atoms with Crippen molar-refractivity contribution in [1.82, 2.24) is 0 Å². The molecular formula is C5H3Cl3Si. The van der Waals surface area contributed by atoms with E-state index in [-0.39, 0.29) is 0 Å². The van der Waals surface area contributed by atoms with Gasteiger partial charge in [-0.05, 0) is 6.07 Å². The van der Waals surface area contributed by atoms with Gasteiger partial charge in [0, 0.05) is 0 Å². The molecule has 0 atom stereocenters. The number of hydrogen-bond acceptors (Lipinski definition) is 0. The summed E-state index contributed by atoms with van der Waals surface area (Å²) in [6.07, 6.45) is 0. The highest BCUT2D eigenvalue weighted by Gasteiger charge is 2.00. The molecule has 9 heavy (non-hydrogen) atoms. The van der Waals surface area contributed by atoms with Gasteiger partial charge in [0.2, 0.25) is 0 Å². The molecule has 0 radical (unpaired) electrons. The fraction of sp³-hybridized carbons (Fsp3) is 0. The molecule has 0 aliphatic heterocycles. The first-order chi connectivity index (χ1) is 4.22. The van der Waals surface area contributed by atoms with E-state index in [1.165, 1.54) is 0 Å². The van der Waals surface area contributed by atoms with Crippen molar-refractivity contribution < 1.29 is 0 Å². The molecular weight excluding hydrogens is 194 g/mol. The molecule has 0 bridgehead atoms. The van der Waals surface area contributed by atoms with E-state index in [1.54, 1.807) is 6.07 Å². The molecule has 0 nitrogen and oxygen atoms in total. The van der Waals surface area contributed by atoms with Crippen molar-refractivity contribution in [2.45, 2.75) is 0 Å². The van der Waals surface area contributed by atoms with Crippen LogP contribution >= 0.6 is 34.3 Å². The average molecular weight is 198 g/mol. The summed E-state index contributed by atoms with van der Waals surface area (Å²) in [5.41, 5.74) is 1.88. The Morgan fingerprint density at radius 3 is 2.44 bits per heavy atom. The van der Waals surface area contributed by atoms with Crippen molar-refractivity contribution in [3.8, 4) is 0 Å². The molecule has 0 spiro atoms. The lowest BCUT2D eigenvalue weighted by atomic mass is 10.6. The van der Waals surface area contributed by atoms with Crippen molar-refractivity contribution in [2.24, 2.45) is 0 Å². The second kappa shape index (κ2) is 3.02. The smallest absolute Gasteiger partial charge is 0.132 e. The molecule has 0 amide bonds. The van der Waals surface area contributed by atoms with Gasteiger partial charge in [-0.25, -0.2) is 0 Å². The minimum Gasteiger partial charge on any atom is -0.132 e. The lowest BCUT2D eigenvalue weighted by Gasteiger charge is -1.93. The lowest BCUT2D eigenvalue weighted by Crippen LogP contribution is -1.84. The van der Waals surface area contributed by atoms with Crippen LogP contribution in [0.3, 0.4) is 0 Å². The lowest BCUT2D eigenvalue weighted by molar-refractivity contribution is 1.85. The quantitative estimate of drug-likeness (QED) is 0.443. The second-order valence-corrected chi connectivity index (χ2v) is 5.39. The summed E-state index contributed by atoms with van der Waals surface area (Å²) in [5.74, 6) is 0. The molecule has 0 saturated carbocycles. The zero-order valence-electron chi connectivity index (χ0n) is 4.37. The van der Waals surface area contributed by atoms with Crippen LogP contribution < -0.4 is 0 Å². The maximum Gasteiger partial charge on any atom is 0.173 e. The SMILES string of the molecule is Clc1ccc[si](Cl)c1Cl. The fourth-order valence-corrected chi connectivity index (χ4v) is 2.50. The van der Waals surface area contributed by atoms with E-state index in [0.29, 0.717) is 9.66 Å². The minimum absolute atomic E-state index is 0.572. The van der Waals surface area contributed by atoms with E-state index < -0.39 is 7.71 Å². The summed E-state index contributed by atoms with van der Waals surface area (Å²) >= 11 is 17.1. The Labute approximate surface area is 69.6 Å². The topological polar surface area (TPSA) is 0 Å². The molecule has 48 valence electrons. The summed E-state index contributed by atoms with van der Waals surface area (Å²) in [4.78, 5) is 0. The monoisotopic (exact) mass is 196 g/mol. The van der Waals surface area contributed by atoms with Crippen LogP contribution in [0, 0.1) is 0 Å². The van der Waals surface area contributed by atoms with Gasteiger partial charge in [-0.2, -0.15) is 0 Å². The molecule has 0 N–H and O–H groups in total. The van der Waals surface area contributed by atoms with Gasteiger partial charge in [0.1, 0.15) is 0 Å². The minimum atomic E-state index is -1.15. The first-order valence-corrected chi connectivity index (χ1v) is 5.66. The Hall–Kier alpha value is 0.437. The molecule has 1 aromatic heterocycles. The molecule has 4 heteroatoms. The van der Waals surface area contributed by atoms with Crippen LogP contribution in [0.15, 0.2) is 17.8 Å². The van der Waals surface area contributed by atoms with Crippen LogP contribution in [0.4, 0.5) is 0 Å². The third kappa shape index (κ3) is 1.68. The normalized spacial score (nSPS) is 9.67. The van der Waals surface area contributed by atoms with Crippen LogP contribution in [0.2, 0.25) is 9.66 Å². The Morgan fingerprint density at radius 1 is 1.33 bits per heavy atom. The third-order valence-electron chi connectivity index (χ3n) is 0.904. The highest BCUT2D eigenvalue weighted by Crippen LogP contribution is 2.20. The molecule has 1 rings (SSSR count). The first kappa shape index (κ1) is 7.54. The average Bonchev–Trinajstić information content (AvgIpc) is 1.83. The summed E-state index contributed by atoms with van der Waals surface area (Å²) in [5, 5.41) is 0.572. The van der Waals surface area contributed by atoms with Gasteiger partial charge in [-0.3, -0.25) is 0 Å². The van der Waals surface area contributed by atoms with E-state index in [0.717, 1.165) is 0 Å². The predicted molar refractivity (Wildman–Crippen MR) is 43.7 cm³/mol. The summed E-state index contributed by atoms with van der Waals surface area (Å²) in [7, 11) is -1.15. The third-order valence-corrected chi connectivity index (χ3v) is 4.70. The van der Waals surface area contributed by atoms with Gasteiger partial charge in [0.15, 0.2) is 7.71 Å². The summed E-state index contributed by atoms with van der Waals surface area (Å²) < 4.78 is 0.603. The van der Waals surface area contributed by atoms with Gasteiger partial charge in [0.25, 0.3) is 0 Å². The zero-order valence-corrected chi connectivity index (χ0v) is 7.63. The fourth-order valence-electron chi connectivity index (χ4n) is 0.477. The zero-order chi connectivity index (χ0) is 6.85. The van der Waals surface area contributed by atoms with Crippen molar-refractivity contribution in [3.05, 3.63) is 27.5 Å². The summed E-state index contributed by atoms with van der Waals surface area (Å²) in [6, 6.07) is 3.57. The van der Waals surface area contributed by atoms with Crippen LogP contribution in [-0.4, -0.2) is 7.71 Å². The maximum absolute atomic E-state index is 5.78. The first-order valence-electron chi connectivity index (χ1n) is 2.31. The number of hydrogen-bond donors (Lipinski definition) is 0. The molecule has 0 aliphatic carbocycles. The Morgan fingerprint density at radius 2 is 2.00 bits per heavy atom. The molecule has 0 aliphatic rings. The van der Waals surface area contributed by atoms with E-state index in [2.05, 4.69) is 0 Å². The molecule has 0 saturated heterocycles. The van der Waals surface area contributed by atoms with Crippen molar-refractivity contribution in [2.75, 3.05) is 0 Å². The van der Waals surface area contributed by atoms with Crippen LogP contribution in [-0.2, 0) is 0 Å². The summed E-state index contributed by atoms with van der Waals surface area (Å²) in [6.45, 7) is 0. The Bertz CT molecular complexity index is 203. The van der Waals surface area contributed by atoms with Gasteiger partial charge in [-0.1, -0.05) is 34.9 Å². The Balaban J connectivity index is 3.25. The van der Waals surface area contributed by atoms with Crippen molar-refractivity contribution in [1.29, 1.82) is 0 Å². The van der Waals surface area contributed by atoms with Gasteiger partial charge in [-0.15, -0.1) is 11.1 Å². The second-order valence-electron chi connectivity index (χ2n) is 1.54.